The highest BCUT2D eigenvalue weighted by molar-refractivity contribution is 5.85. The molecule has 0 bridgehead atoms. The number of hydrogen-bond acceptors (Lipinski definition) is 3. The van der Waals surface area contributed by atoms with Gasteiger partial charge in [0.2, 0.25) is 0 Å². The minimum Gasteiger partial charge on any atom is -0.395 e. The first-order valence-electron chi connectivity index (χ1n) is 5.04. The molecular weight excluding hydrogens is 252 g/mol. The van der Waals surface area contributed by atoms with E-state index in [1.54, 1.807) is 6.07 Å². The lowest BCUT2D eigenvalue weighted by Gasteiger charge is -2.15. The summed E-state index contributed by atoms with van der Waals surface area (Å²) < 4.78 is 34.2. The quantitative estimate of drug-likeness (QED) is 0.894. The molecule has 1 aromatic rings. The molecule has 0 unspecified atom stereocenters. The van der Waals surface area contributed by atoms with Crippen LogP contribution in [-0.2, 0) is 0 Å². The molecule has 1 atom stereocenters. The molecule has 0 spiro atoms. The summed E-state index contributed by atoms with van der Waals surface area (Å²) in [6.07, 6.45) is -3.57. The first kappa shape index (κ1) is 14.0. The molecule has 0 fully saturated rings. The van der Waals surface area contributed by atoms with Crippen molar-refractivity contribution in [3.63, 3.8) is 0 Å². The molecule has 1 aliphatic rings. The maximum Gasteiger partial charge on any atom is 0.586 e. The van der Waals surface area contributed by atoms with Crippen LogP contribution < -0.4 is 15.2 Å². The third-order valence-corrected chi connectivity index (χ3v) is 2.53. The molecule has 96 valence electrons. The zero-order valence-corrected chi connectivity index (χ0v) is 10.3. The van der Waals surface area contributed by atoms with Gasteiger partial charge in [-0.1, -0.05) is 19.9 Å². The fraction of sp³-hybridized carbons (Fsp3) is 0.455. The van der Waals surface area contributed by atoms with E-state index in [1.807, 2.05) is 13.8 Å². The summed E-state index contributed by atoms with van der Waals surface area (Å²) in [5.74, 6) is 0.309. The van der Waals surface area contributed by atoms with E-state index in [9.17, 15) is 8.78 Å². The van der Waals surface area contributed by atoms with Crippen molar-refractivity contribution < 1.29 is 18.3 Å². The van der Waals surface area contributed by atoms with Crippen molar-refractivity contribution in [2.45, 2.75) is 26.2 Å². The number of halogens is 3. The number of benzene rings is 1. The highest BCUT2D eigenvalue weighted by atomic mass is 35.5. The molecule has 2 N–H and O–H groups in total. The second-order valence-electron chi connectivity index (χ2n) is 4.14. The molecule has 0 aliphatic carbocycles. The average molecular weight is 266 g/mol. The molecule has 17 heavy (non-hydrogen) atoms. The van der Waals surface area contributed by atoms with E-state index in [4.69, 9.17) is 5.73 Å². The summed E-state index contributed by atoms with van der Waals surface area (Å²) >= 11 is 0. The van der Waals surface area contributed by atoms with Crippen LogP contribution in [0.1, 0.15) is 25.5 Å². The predicted molar refractivity (Wildman–Crippen MR) is 61.7 cm³/mol. The summed E-state index contributed by atoms with van der Waals surface area (Å²) in [6, 6.07) is 4.42. The number of ether oxygens (including phenoxy) is 2. The second kappa shape index (κ2) is 4.66. The summed E-state index contributed by atoms with van der Waals surface area (Å²) in [5.41, 5.74) is 6.67. The molecule has 2 rings (SSSR count). The normalized spacial score (nSPS) is 17.8. The molecular formula is C11H14ClF2NO2. The van der Waals surface area contributed by atoms with Crippen LogP contribution in [0.5, 0.6) is 11.5 Å². The van der Waals surface area contributed by atoms with Gasteiger partial charge in [0, 0.05) is 6.04 Å². The molecule has 0 amide bonds. The largest absolute Gasteiger partial charge is 0.586 e. The minimum absolute atomic E-state index is 0. The lowest BCUT2D eigenvalue weighted by Crippen LogP contribution is -2.26. The maximum absolute atomic E-state index is 12.8. The van der Waals surface area contributed by atoms with E-state index in [1.165, 1.54) is 12.1 Å². The van der Waals surface area contributed by atoms with Crippen LogP contribution in [0.3, 0.4) is 0 Å². The Morgan fingerprint density at radius 3 is 2.35 bits per heavy atom. The second-order valence-corrected chi connectivity index (χ2v) is 4.14. The van der Waals surface area contributed by atoms with Crippen LogP contribution in [0.2, 0.25) is 0 Å². The van der Waals surface area contributed by atoms with Gasteiger partial charge in [-0.3, -0.25) is 0 Å². The maximum atomic E-state index is 12.8. The molecule has 1 aromatic carbocycles. The van der Waals surface area contributed by atoms with Crippen LogP contribution in [0.4, 0.5) is 8.78 Å². The summed E-state index contributed by atoms with van der Waals surface area (Å²) in [6.45, 7) is 3.92. The third-order valence-electron chi connectivity index (χ3n) is 2.53. The molecule has 0 radical (unpaired) electrons. The van der Waals surface area contributed by atoms with Crippen molar-refractivity contribution in [2.75, 3.05) is 0 Å². The Morgan fingerprint density at radius 1 is 1.18 bits per heavy atom. The molecule has 0 saturated heterocycles. The van der Waals surface area contributed by atoms with Gasteiger partial charge >= 0.3 is 6.29 Å². The molecule has 1 heterocycles. The Bertz CT molecular complexity index is 412. The third kappa shape index (κ3) is 2.79. The zero-order chi connectivity index (χ0) is 11.9. The highest BCUT2D eigenvalue weighted by Crippen LogP contribution is 2.42. The van der Waals surface area contributed by atoms with Crippen LogP contribution >= 0.6 is 12.4 Å². The van der Waals surface area contributed by atoms with E-state index in [-0.39, 0.29) is 35.9 Å². The van der Waals surface area contributed by atoms with Crippen molar-refractivity contribution in [1.29, 1.82) is 0 Å². The van der Waals surface area contributed by atoms with Gasteiger partial charge in [-0.15, -0.1) is 21.2 Å². The van der Waals surface area contributed by atoms with E-state index in [0.717, 1.165) is 5.56 Å². The fourth-order valence-electron chi connectivity index (χ4n) is 1.56. The lowest BCUT2D eigenvalue weighted by molar-refractivity contribution is -0.286. The van der Waals surface area contributed by atoms with Gasteiger partial charge in [-0.2, -0.15) is 0 Å². The van der Waals surface area contributed by atoms with Crippen LogP contribution in [0.25, 0.3) is 0 Å². The Kier molecular flexibility index (Phi) is 3.84. The van der Waals surface area contributed by atoms with Gasteiger partial charge in [0.15, 0.2) is 11.5 Å². The van der Waals surface area contributed by atoms with Crippen molar-refractivity contribution in [3.05, 3.63) is 23.8 Å². The van der Waals surface area contributed by atoms with Crippen molar-refractivity contribution in [3.8, 4) is 11.5 Å². The molecule has 6 heteroatoms. The number of alkyl halides is 2. The lowest BCUT2D eigenvalue weighted by atomic mass is 9.97. The number of fused-ring (bicyclic) bond motifs is 1. The summed E-state index contributed by atoms with van der Waals surface area (Å²) in [5, 5.41) is 0. The van der Waals surface area contributed by atoms with Gasteiger partial charge in [0.05, 0.1) is 0 Å². The number of hydrogen-bond donors (Lipinski definition) is 1. The average Bonchev–Trinajstić information content (AvgIpc) is 2.48. The van der Waals surface area contributed by atoms with E-state index >= 15 is 0 Å². The first-order chi connectivity index (χ1) is 7.39. The smallest absolute Gasteiger partial charge is 0.395 e. The van der Waals surface area contributed by atoms with Crippen molar-refractivity contribution >= 4 is 12.4 Å². The Morgan fingerprint density at radius 2 is 1.76 bits per heavy atom. The minimum atomic E-state index is -3.57. The molecule has 0 aromatic heterocycles. The summed E-state index contributed by atoms with van der Waals surface area (Å²) in [4.78, 5) is 0. The molecule has 0 saturated carbocycles. The van der Waals surface area contributed by atoms with E-state index in [2.05, 4.69) is 9.47 Å². The standard InChI is InChI=1S/C11H13F2NO2.ClH/c1-6(2)10(14)7-3-4-8-9(5-7)16-11(12,13)15-8;/h3-6,10H,14H2,1-2H3;1H/t10-;/m1./s1. The SMILES string of the molecule is CC(C)[C@@H](N)c1ccc2c(c1)OC(F)(F)O2.Cl. The Hall–Kier alpha value is -1.07. The topological polar surface area (TPSA) is 44.5 Å². The summed E-state index contributed by atoms with van der Waals surface area (Å²) in [7, 11) is 0. The van der Waals surface area contributed by atoms with Gasteiger partial charge in [0.1, 0.15) is 0 Å². The van der Waals surface area contributed by atoms with Crippen molar-refractivity contribution in [2.24, 2.45) is 11.7 Å². The number of rotatable bonds is 2. The number of nitrogens with two attached hydrogens (primary N) is 1. The zero-order valence-electron chi connectivity index (χ0n) is 9.44. The van der Waals surface area contributed by atoms with Crippen LogP contribution in [-0.4, -0.2) is 6.29 Å². The first-order valence-corrected chi connectivity index (χ1v) is 5.04. The molecule has 3 nitrogen and oxygen atoms in total. The van der Waals surface area contributed by atoms with Crippen molar-refractivity contribution in [1.82, 2.24) is 0 Å². The van der Waals surface area contributed by atoms with E-state index in [0.29, 0.717) is 0 Å². The highest BCUT2D eigenvalue weighted by Gasteiger charge is 2.43. The Balaban J connectivity index is 0.00000144. The molecule has 1 aliphatic heterocycles. The monoisotopic (exact) mass is 265 g/mol. The fourth-order valence-corrected chi connectivity index (χ4v) is 1.56. The predicted octanol–water partition coefficient (Wildman–Crippen LogP) is 3.09. The van der Waals surface area contributed by atoms with E-state index < -0.39 is 6.29 Å². The van der Waals surface area contributed by atoms with Crippen LogP contribution in [0, 0.1) is 5.92 Å². The van der Waals surface area contributed by atoms with Gasteiger partial charge < -0.3 is 15.2 Å². The Labute approximate surface area is 104 Å². The van der Waals surface area contributed by atoms with Gasteiger partial charge in [-0.05, 0) is 23.6 Å². The van der Waals surface area contributed by atoms with Gasteiger partial charge in [-0.25, -0.2) is 0 Å². The van der Waals surface area contributed by atoms with Crippen LogP contribution in [0.15, 0.2) is 18.2 Å². The van der Waals surface area contributed by atoms with Gasteiger partial charge in [0.25, 0.3) is 0 Å².